The molecule has 0 spiro atoms. The lowest BCUT2D eigenvalue weighted by Gasteiger charge is -2.41. The van der Waals surface area contributed by atoms with E-state index in [-0.39, 0.29) is 30.7 Å². The summed E-state index contributed by atoms with van der Waals surface area (Å²) in [5.41, 5.74) is 6.89. The standard InChI is InChI=1S/C15H25N5O.2ClH/c1-18-12-13(11-17-18)19-7-9-20(10-8-19)14(21)15(16)5-3-2-4-6-15;;/h11-12H,2-10,16H2,1H3;2*1H. The van der Waals surface area contributed by atoms with Gasteiger partial charge in [0.05, 0.1) is 17.4 Å². The van der Waals surface area contributed by atoms with Gasteiger partial charge in [0.2, 0.25) is 5.91 Å². The second kappa shape index (κ2) is 8.22. The van der Waals surface area contributed by atoms with E-state index in [2.05, 4.69) is 10.00 Å². The van der Waals surface area contributed by atoms with Gasteiger partial charge in [-0.1, -0.05) is 19.3 Å². The molecule has 0 aromatic carbocycles. The predicted octanol–water partition coefficient (Wildman–Crippen LogP) is 1.57. The second-order valence-electron chi connectivity index (χ2n) is 6.37. The number of amides is 1. The SMILES string of the molecule is Cl.Cl.Cn1cc(N2CCN(C(=O)C3(N)CCCCC3)CC2)cn1. The molecule has 0 radical (unpaired) electrons. The minimum Gasteiger partial charge on any atom is -0.365 e. The first-order valence-corrected chi connectivity index (χ1v) is 7.90. The van der Waals surface area contributed by atoms with Gasteiger partial charge in [-0.2, -0.15) is 5.10 Å². The zero-order chi connectivity index (χ0) is 14.9. The number of hydrogen-bond donors (Lipinski definition) is 1. The number of aryl methyl sites for hydroxylation is 1. The fourth-order valence-corrected chi connectivity index (χ4v) is 3.45. The zero-order valence-corrected chi connectivity index (χ0v) is 15.2. The highest BCUT2D eigenvalue weighted by atomic mass is 35.5. The molecule has 2 aliphatic rings. The highest BCUT2D eigenvalue weighted by molar-refractivity contribution is 5.86. The molecule has 132 valence electrons. The first-order valence-electron chi connectivity index (χ1n) is 7.90. The lowest BCUT2D eigenvalue weighted by Crippen LogP contribution is -2.60. The predicted molar refractivity (Wildman–Crippen MR) is 96.5 cm³/mol. The molecule has 8 heteroatoms. The first kappa shape index (κ1) is 20.1. The summed E-state index contributed by atoms with van der Waals surface area (Å²) in [5.74, 6) is 0.160. The van der Waals surface area contributed by atoms with Gasteiger partial charge < -0.3 is 15.5 Å². The van der Waals surface area contributed by atoms with Crippen molar-refractivity contribution in [2.45, 2.75) is 37.6 Å². The molecular weight excluding hydrogens is 337 g/mol. The van der Waals surface area contributed by atoms with E-state index in [1.54, 1.807) is 0 Å². The van der Waals surface area contributed by atoms with Crippen LogP contribution in [0.25, 0.3) is 0 Å². The van der Waals surface area contributed by atoms with Crippen LogP contribution in [0, 0.1) is 0 Å². The normalized spacial score (nSPS) is 20.4. The third-order valence-corrected chi connectivity index (χ3v) is 4.79. The lowest BCUT2D eigenvalue weighted by atomic mass is 9.81. The molecule has 1 aromatic rings. The maximum absolute atomic E-state index is 12.7. The average molecular weight is 364 g/mol. The van der Waals surface area contributed by atoms with Crippen LogP contribution in [0.3, 0.4) is 0 Å². The molecule has 1 aromatic heterocycles. The van der Waals surface area contributed by atoms with Crippen molar-refractivity contribution in [3.8, 4) is 0 Å². The van der Waals surface area contributed by atoms with Crippen molar-refractivity contribution in [3.63, 3.8) is 0 Å². The molecule has 1 saturated heterocycles. The Labute approximate surface area is 150 Å². The summed E-state index contributed by atoms with van der Waals surface area (Å²) < 4.78 is 1.81. The van der Waals surface area contributed by atoms with Gasteiger partial charge in [0, 0.05) is 39.4 Å². The average Bonchev–Trinajstić information content (AvgIpc) is 2.94. The van der Waals surface area contributed by atoms with Crippen LogP contribution in [0.1, 0.15) is 32.1 Å². The molecule has 23 heavy (non-hydrogen) atoms. The molecule has 1 amide bonds. The Kier molecular flexibility index (Phi) is 7.17. The Bertz CT molecular complexity index is 508. The lowest BCUT2D eigenvalue weighted by molar-refractivity contribution is -0.138. The molecule has 2 heterocycles. The van der Waals surface area contributed by atoms with Crippen LogP contribution < -0.4 is 10.6 Å². The minimum atomic E-state index is -0.602. The van der Waals surface area contributed by atoms with Gasteiger partial charge >= 0.3 is 0 Å². The van der Waals surface area contributed by atoms with Crippen LogP contribution >= 0.6 is 24.8 Å². The summed E-state index contributed by atoms with van der Waals surface area (Å²) in [7, 11) is 1.92. The Morgan fingerprint density at radius 2 is 1.74 bits per heavy atom. The summed E-state index contributed by atoms with van der Waals surface area (Å²) in [6.45, 7) is 3.22. The Morgan fingerprint density at radius 1 is 1.13 bits per heavy atom. The topological polar surface area (TPSA) is 67.4 Å². The zero-order valence-electron chi connectivity index (χ0n) is 13.6. The van der Waals surface area contributed by atoms with Gasteiger partial charge in [0.25, 0.3) is 0 Å². The molecular formula is C15H27Cl2N5O. The third kappa shape index (κ3) is 4.31. The number of hydrogen-bond acceptors (Lipinski definition) is 4. The molecule has 6 nitrogen and oxygen atoms in total. The molecule has 0 bridgehead atoms. The van der Waals surface area contributed by atoms with Crippen molar-refractivity contribution in [2.75, 3.05) is 31.1 Å². The van der Waals surface area contributed by atoms with Crippen molar-refractivity contribution < 1.29 is 4.79 Å². The molecule has 0 atom stereocenters. The second-order valence-corrected chi connectivity index (χ2v) is 6.37. The van der Waals surface area contributed by atoms with Gasteiger partial charge in [-0.15, -0.1) is 24.8 Å². The van der Waals surface area contributed by atoms with Crippen molar-refractivity contribution in [2.24, 2.45) is 12.8 Å². The van der Waals surface area contributed by atoms with Crippen molar-refractivity contribution in [3.05, 3.63) is 12.4 Å². The van der Waals surface area contributed by atoms with Crippen molar-refractivity contribution in [1.82, 2.24) is 14.7 Å². The number of piperazine rings is 1. The molecule has 2 N–H and O–H groups in total. The van der Waals surface area contributed by atoms with Gasteiger partial charge in [-0.3, -0.25) is 9.48 Å². The summed E-state index contributed by atoms with van der Waals surface area (Å²) in [5, 5.41) is 4.20. The number of carbonyl (C=O) groups excluding carboxylic acids is 1. The number of aromatic nitrogens is 2. The van der Waals surface area contributed by atoms with Crippen LogP contribution in [-0.4, -0.2) is 52.3 Å². The van der Waals surface area contributed by atoms with E-state index in [0.717, 1.165) is 57.5 Å². The van der Waals surface area contributed by atoms with Crippen molar-refractivity contribution in [1.29, 1.82) is 0 Å². The van der Waals surface area contributed by atoms with E-state index in [1.807, 2.05) is 29.0 Å². The van der Waals surface area contributed by atoms with Crippen LogP contribution in [0.2, 0.25) is 0 Å². The van der Waals surface area contributed by atoms with E-state index >= 15 is 0 Å². The third-order valence-electron chi connectivity index (χ3n) is 4.79. The molecule has 1 aliphatic carbocycles. The fraction of sp³-hybridized carbons (Fsp3) is 0.733. The van der Waals surface area contributed by atoms with Crippen LogP contribution in [0.4, 0.5) is 5.69 Å². The van der Waals surface area contributed by atoms with E-state index in [1.165, 1.54) is 6.42 Å². The molecule has 1 aliphatic heterocycles. The highest BCUT2D eigenvalue weighted by Gasteiger charge is 2.39. The monoisotopic (exact) mass is 363 g/mol. The van der Waals surface area contributed by atoms with Crippen LogP contribution in [-0.2, 0) is 11.8 Å². The molecule has 3 rings (SSSR count). The molecule has 1 saturated carbocycles. The number of nitrogens with zero attached hydrogens (tertiary/aromatic N) is 4. The molecule has 0 unspecified atom stereocenters. The quantitative estimate of drug-likeness (QED) is 0.865. The number of halogens is 2. The summed E-state index contributed by atoms with van der Waals surface area (Å²) in [4.78, 5) is 16.9. The van der Waals surface area contributed by atoms with E-state index in [0.29, 0.717) is 0 Å². The largest absolute Gasteiger partial charge is 0.365 e. The van der Waals surface area contributed by atoms with E-state index in [4.69, 9.17) is 5.73 Å². The van der Waals surface area contributed by atoms with Gasteiger partial charge in [0.1, 0.15) is 0 Å². The van der Waals surface area contributed by atoms with E-state index < -0.39 is 5.54 Å². The maximum Gasteiger partial charge on any atom is 0.242 e. The summed E-state index contributed by atoms with van der Waals surface area (Å²) in [6.07, 6.45) is 8.95. The summed E-state index contributed by atoms with van der Waals surface area (Å²) >= 11 is 0. The van der Waals surface area contributed by atoms with Crippen molar-refractivity contribution >= 4 is 36.4 Å². The molecule has 2 fully saturated rings. The number of carbonyl (C=O) groups is 1. The Morgan fingerprint density at radius 3 is 2.26 bits per heavy atom. The van der Waals surface area contributed by atoms with Gasteiger partial charge in [-0.05, 0) is 12.8 Å². The maximum atomic E-state index is 12.7. The Hall–Kier alpha value is -0.980. The minimum absolute atomic E-state index is 0. The smallest absolute Gasteiger partial charge is 0.242 e. The van der Waals surface area contributed by atoms with Gasteiger partial charge in [0.15, 0.2) is 0 Å². The highest BCUT2D eigenvalue weighted by Crippen LogP contribution is 2.28. The van der Waals surface area contributed by atoms with Gasteiger partial charge in [-0.25, -0.2) is 0 Å². The summed E-state index contributed by atoms with van der Waals surface area (Å²) in [6, 6.07) is 0. The van der Waals surface area contributed by atoms with Crippen LogP contribution in [0.5, 0.6) is 0 Å². The number of anilines is 1. The number of nitrogens with two attached hydrogens (primary N) is 1. The Balaban J connectivity index is 0.00000132. The van der Waals surface area contributed by atoms with E-state index in [9.17, 15) is 4.79 Å². The van der Waals surface area contributed by atoms with Crippen LogP contribution in [0.15, 0.2) is 12.4 Å². The first-order chi connectivity index (χ1) is 10.1. The fourth-order valence-electron chi connectivity index (χ4n) is 3.45. The number of rotatable bonds is 2.